The topological polar surface area (TPSA) is 58.2 Å². The summed E-state index contributed by atoms with van der Waals surface area (Å²) in [6.45, 7) is 5.82. The highest BCUT2D eigenvalue weighted by Gasteiger charge is 2.25. The van der Waals surface area contributed by atoms with E-state index in [0.717, 1.165) is 12.8 Å². The standard InChI is InChI=1S/C22H27ClN2O2/c1-15(2)20(25-21(26)18-11-13-19(23)14-12-18)22(27)24-16(3)9-10-17-7-5-4-6-8-17/h4-8,11-16,20H,9-10H2,1-3H3,(H,24,27)(H,25,26). The molecule has 0 spiro atoms. The molecule has 0 saturated carbocycles. The molecule has 4 nitrogen and oxygen atoms in total. The summed E-state index contributed by atoms with van der Waals surface area (Å²) >= 11 is 5.86. The van der Waals surface area contributed by atoms with E-state index in [9.17, 15) is 9.59 Å². The Labute approximate surface area is 166 Å². The minimum Gasteiger partial charge on any atom is -0.352 e. The Morgan fingerprint density at radius 2 is 1.56 bits per heavy atom. The quantitative estimate of drug-likeness (QED) is 0.713. The maximum absolute atomic E-state index is 12.7. The summed E-state index contributed by atoms with van der Waals surface area (Å²) in [5.41, 5.74) is 1.73. The first-order chi connectivity index (χ1) is 12.9. The van der Waals surface area contributed by atoms with Gasteiger partial charge in [0.15, 0.2) is 0 Å². The summed E-state index contributed by atoms with van der Waals surface area (Å²) in [6, 6.07) is 16.2. The zero-order valence-corrected chi connectivity index (χ0v) is 16.8. The summed E-state index contributed by atoms with van der Waals surface area (Å²) in [5, 5.41) is 6.43. The van der Waals surface area contributed by atoms with E-state index in [1.54, 1.807) is 24.3 Å². The number of hydrogen-bond donors (Lipinski definition) is 2. The van der Waals surface area contributed by atoms with Gasteiger partial charge < -0.3 is 10.6 Å². The minimum absolute atomic E-state index is 0.0198. The van der Waals surface area contributed by atoms with Crippen LogP contribution in [-0.2, 0) is 11.2 Å². The summed E-state index contributed by atoms with van der Waals surface area (Å²) in [7, 11) is 0. The maximum Gasteiger partial charge on any atom is 0.251 e. The second-order valence-corrected chi connectivity index (χ2v) is 7.57. The summed E-state index contributed by atoms with van der Waals surface area (Å²) < 4.78 is 0. The zero-order valence-electron chi connectivity index (χ0n) is 16.0. The molecule has 27 heavy (non-hydrogen) atoms. The van der Waals surface area contributed by atoms with E-state index in [2.05, 4.69) is 22.8 Å². The maximum atomic E-state index is 12.7. The fourth-order valence-corrected chi connectivity index (χ4v) is 2.92. The molecule has 0 aromatic heterocycles. The van der Waals surface area contributed by atoms with E-state index >= 15 is 0 Å². The molecule has 0 bridgehead atoms. The molecule has 5 heteroatoms. The van der Waals surface area contributed by atoms with Crippen LogP contribution >= 0.6 is 11.6 Å². The monoisotopic (exact) mass is 386 g/mol. The average molecular weight is 387 g/mol. The van der Waals surface area contributed by atoms with Crippen molar-refractivity contribution in [3.63, 3.8) is 0 Å². The van der Waals surface area contributed by atoms with Crippen LogP contribution < -0.4 is 10.6 Å². The molecule has 0 aliphatic rings. The number of hydrogen-bond acceptors (Lipinski definition) is 2. The first kappa shape index (κ1) is 21.0. The number of nitrogens with one attached hydrogen (secondary N) is 2. The lowest BCUT2D eigenvalue weighted by molar-refractivity contribution is -0.124. The van der Waals surface area contributed by atoms with Gasteiger partial charge in [0.1, 0.15) is 6.04 Å². The lowest BCUT2D eigenvalue weighted by Gasteiger charge is -2.24. The average Bonchev–Trinajstić information content (AvgIpc) is 2.65. The second kappa shape index (κ2) is 10.1. The van der Waals surface area contributed by atoms with Crippen molar-refractivity contribution in [2.75, 3.05) is 0 Å². The van der Waals surface area contributed by atoms with Crippen LogP contribution in [0.5, 0.6) is 0 Å². The van der Waals surface area contributed by atoms with Crippen molar-refractivity contribution >= 4 is 23.4 Å². The summed E-state index contributed by atoms with van der Waals surface area (Å²) in [6.07, 6.45) is 1.73. The zero-order chi connectivity index (χ0) is 19.8. The molecule has 0 heterocycles. The Kier molecular flexibility index (Phi) is 7.86. The highest BCUT2D eigenvalue weighted by molar-refractivity contribution is 6.30. The van der Waals surface area contributed by atoms with Crippen LogP contribution in [0.25, 0.3) is 0 Å². The fraction of sp³-hybridized carbons (Fsp3) is 0.364. The third-order valence-corrected chi connectivity index (χ3v) is 4.69. The van der Waals surface area contributed by atoms with Gasteiger partial charge in [0.25, 0.3) is 5.91 Å². The third kappa shape index (κ3) is 6.72. The minimum atomic E-state index is -0.590. The molecule has 0 saturated heterocycles. The van der Waals surface area contributed by atoms with Gasteiger partial charge in [-0.2, -0.15) is 0 Å². The van der Waals surface area contributed by atoms with Crippen molar-refractivity contribution in [3.05, 3.63) is 70.7 Å². The molecule has 0 fully saturated rings. The van der Waals surface area contributed by atoms with Gasteiger partial charge in [-0.05, 0) is 55.5 Å². The molecule has 2 N–H and O–H groups in total. The van der Waals surface area contributed by atoms with Gasteiger partial charge in [-0.25, -0.2) is 0 Å². The molecule has 144 valence electrons. The Morgan fingerprint density at radius 1 is 0.926 bits per heavy atom. The van der Waals surface area contributed by atoms with E-state index in [4.69, 9.17) is 11.6 Å². The van der Waals surface area contributed by atoms with Crippen molar-refractivity contribution in [2.24, 2.45) is 5.92 Å². The van der Waals surface area contributed by atoms with Crippen LogP contribution in [0.1, 0.15) is 43.1 Å². The Bertz CT molecular complexity index is 745. The third-order valence-electron chi connectivity index (χ3n) is 4.44. The first-order valence-corrected chi connectivity index (χ1v) is 9.65. The molecular weight excluding hydrogens is 360 g/mol. The molecule has 2 aromatic rings. The Hall–Kier alpha value is -2.33. The van der Waals surface area contributed by atoms with Crippen molar-refractivity contribution in [3.8, 4) is 0 Å². The normalized spacial score (nSPS) is 13.1. The molecular formula is C22H27ClN2O2. The lowest BCUT2D eigenvalue weighted by Crippen LogP contribution is -2.51. The van der Waals surface area contributed by atoms with Crippen LogP contribution in [0.3, 0.4) is 0 Å². The highest BCUT2D eigenvalue weighted by Crippen LogP contribution is 2.11. The molecule has 0 aliphatic carbocycles. The van der Waals surface area contributed by atoms with Crippen molar-refractivity contribution in [2.45, 2.75) is 45.7 Å². The van der Waals surface area contributed by atoms with Gasteiger partial charge in [-0.3, -0.25) is 9.59 Å². The van der Waals surface area contributed by atoms with E-state index < -0.39 is 6.04 Å². The van der Waals surface area contributed by atoms with Crippen molar-refractivity contribution in [1.29, 1.82) is 0 Å². The van der Waals surface area contributed by atoms with Crippen LogP contribution in [0.15, 0.2) is 54.6 Å². The molecule has 2 amide bonds. The number of halogens is 1. The fourth-order valence-electron chi connectivity index (χ4n) is 2.79. The molecule has 2 aromatic carbocycles. The number of amides is 2. The lowest BCUT2D eigenvalue weighted by atomic mass is 10.0. The predicted molar refractivity (Wildman–Crippen MR) is 110 cm³/mol. The van der Waals surface area contributed by atoms with E-state index in [0.29, 0.717) is 10.6 Å². The number of benzene rings is 2. The van der Waals surface area contributed by atoms with Crippen LogP contribution in [0, 0.1) is 5.92 Å². The van der Waals surface area contributed by atoms with Gasteiger partial charge >= 0.3 is 0 Å². The van der Waals surface area contributed by atoms with Gasteiger partial charge in [0.05, 0.1) is 0 Å². The van der Waals surface area contributed by atoms with Gasteiger partial charge in [-0.15, -0.1) is 0 Å². The Balaban J connectivity index is 1.91. The summed E-state index contributed by atoms with van der Waals surface area (Å²) in [5.74, 6) is -0.465. The van der Waals surface area contributed by atoms with Crippen LogP contribution in [0.4, 0.5) is 0 Å². The SMILES string of the molecule is CC(CCc1ccccc1)NC(=O)C(NC(=O)c1ccc(Cl)cc1)C(C)C. The van der Waals surface area contributed by atoms with Crippen molar-refractivity contribution in [1.82, 2.24) is 10.6 Å². The number of carbonyl (C=O) groups excluding carboxylic acids is 2. The molecule has 0 radical (unpaired) electrons. The molecule has 0 aliphatic heterocycles. The highest BCUT2D eigenvalue weighted by atomic mass is 35.5. The van der Waals surface area contributed by atoms with Crippen LogP contribution in [-0.4, -0.2) is 23.9 Å². The van der Waals surface area contributed by atoms with Gasteiger partial charge in [0.2, 0.25) is 5.91 Å². The molecule has 2 unspecified atom stereocenters. The molecule has 2 atom stereocenters. The van der Waals surface area contributed by atoms with Crippen LogP contribution in [0.2, 0.25) is 5.02 Å². The summed E-state index contributed by atoms with van der Waals surface area (Å²) in [4.78, 5) is 25.1. The molecule has 2 rings (SSSR count). The largest absolute Gasteiger partial charge is 0.352 e. The Morgan fingerprint density at radius 3 is 2.15 bits per heavy atom. The van der Waals surface area contributed by atoms with E-state index in [-0.39, 0.29) is 23.8 Å². The number of aryl methyl sites for hydroxylation is 1. The van der Waals surface area contributed by atoms with Gasteiger partial charge in [0, 0.05) is 16.6 Å². The second-order valence-electron chi connectivity index (χ2n) is 7.14. The first-order valence-electron chi connectivity index (χ1n) is 9.27. The van der Waals surface area contributed by atoms with E-state index in [1.807, 2.05) is 39.0 Å². The number of rotatable bonds is 8. The smallest absolute Gasteiger partial charge is 0.251 e. The predicted octanol–water partition coefficient (Wildman–Crippen LogP) is 4.23. The van der Waals surface area contributed by atoms with E-state index in [1.165, 1.54) is 5.56 Å². The van der Waals surface area contributed by atoms with Crippen molar-refractivity contribution < 1.29 is 9.59 Å². The number of carbonyl (C=O) groups is 2. The van der Waals surface area contributed by atoms with Gasteiger partial charge in [-0.1, -0.05) is 55.8 Å².